The van der Waals surface area contributed by atoms with Gasteiger partial charge in [-0.05, 0) is 48.6 Å². The van der Waals surface area contributed by atoms with Crippen molar-refractivity contribution in [1.29, 1.82) is 0 Å². The third-order valence-corrected chi connectivity index (χ3v) is 3.50. The summed E-state index contributed by atoms with van der Waals surface area (Å²) < 4.78 is 5.03. The number of halogens is 1. The molecular weight excluding hydrogens is 280 g/mol. The van der Waals surface area contributed by atoms with Crippen molar-refractivity contribution in [2.45, 2.75) is 19.8 Å². The van der Waals surface area contributed by atoms with Crippen LogP contribution in [0.15, 0.2) is 24.3 Å². The first-order chi connectivity index (χ1) is 9.51. The van der Waals surface area contributed by atoms with Crippen LogP contribution in [0.2, 0.25) is 5.02 Å². The lowest BCUT2D eigenvalue weighted by Crippen LogP contribution is -2.24. The minimum atomic E-state index is -1.02. The molecule has 4 nitrogen and oxygen atoms in total. The van der Waals surface area contributed by atoms with E-state index in [1.165, 1.54) is 0 Å². The predicted octanol–water partition coefficient (Wildman–Crippen LogP) is 2.93. The lowest BCUT2D eigenvalue weighted by Gasteiger charge is -2.25. The summed E-state index contributed by atoms with van der Waals surface area (Å²) in [5.74, 6) is -1.67. The fourth-order valence-corrected chi connectivity index (χ4v) is 2.66. The van der Waals surface area contributed by atoms with Gasteiger partial charge < -0.3 is 9.84 Å². The van der Waals surface area contributed by atoms with Gasteiger partial charge in [0.2, 0.25) is 0 Å². The van der Waals surface area contributed by atoms with Gasteiger partial charge in [0, 0.05) is 11.1 Å². The summed E-state index contributed by atoms with van der Waals surface area (Å²) in [5, 5.41) is 9.53. The average molecular weight is 295 g/mol. The summed E-state index contributed by atoms with van der Waals surface area (Å²) in [7, 11) is 0. The Morgan fingerprint density at radius 1 is 1.45 bits per heavy atom. The Hall–Kier alpha value is -1.81. The molecule has 0 heterocycles. The zero-order chi connectivity index (χ0) is 14.7. The van der Waals surface area contributed by atoms with Gasteiger partial charge in [0.15, 0.2) is 0 Å². The highest BCUT2D eigenvalue weighted by Crippen LogP contribution is 2.36. The lowest BCUT2D eigenvalue weighted by molar-refractivity contribution is -0.148. The summed E-state index contributed by atoms with van der Waals surface area (Å²) in [6.07, 6.45) is 2.05. The second-order valence-corrected chi connectivity index (χ2v) is 5.10. The Labute approximate surface area is 122 Å². The van der Waals surface area contributed by atoms with E-state index < -0.39 is 5.97 Å². The normalized spacial score (nSPS) is 19.5. The van der Waals surface area contributed by atoms with Crippen molar-refractivity contribution in [2.24, 2.45) is 5.92 Å². The quantitative estimate of drug-likeness (QED) is 0.688. The number of carbonyl (C=O) groups is 2. The second-order valence-electron chi connectivity index (χ2n) is 4.67. The van der Waals surface area contributed by atoms with Crippen LogP contribution in [0.25, 0.3) is 5.57 Å². The number of carbonyl (C=O) groups excluding carboxylic acids is 1. The van der Waals surface area contributed by atoms with E-state index in [1.54, 1.807) is 25.1 Å². The Morgan fingerprint density at radius 2 is 2.20 bits per heavy atom. The first-order valence-electron chi connectivity index (χ1n) is 6.40. The molecule has 106 valence electrons. The van der Waals surface area contributed by atoms with Gasteiger partial charge in [-0.3, -0.25) is 4.79 Å². The Kier molecular flexibility index (Phi) is 4.45. The van der Waals surface area contributed by atoms with Crippen LogP contribution in [0.1, 0.15) is 24.5 Å². The highest BCUT2D eigenvalue weighted by atomic mass is 35.5. The maximum absolute atomic E-state index is 11.9. The average Bonchev–Trinajstić information content (AvgIpc) is 2.37. The lowest BCUT2D eigenvalue weighted by atomic mass is 9.80. The number of fused-ring (bicyclic) bond motifs is 1. The molecule has 1 N–H and O–H groups in total. The number of hydrogen-bond acceptors (Lipinski definition) is 3. The molecule has 5 heteroatoms. The van der Waals surface area contributed by atoms with E-state index in [0.717, 1.165) is 17.2 Å². The van der Waals surface area contributed by atoms with Gasteiger partial charge in [0.25, 0.3) is 0 Å². The largest absolute Gasteiger partial charge is 0.478 e. The SMILES string of the molecule is CCOC(=O)C1C/C(=C\C(=O)O)c2ccc(Cl)cc2C1. The van der Waals surface area contributed by atoms with Gasteiger partial charge in [0.05, 0.1) is 12.5 Å². The van der Waals surface area contributed by atoms with Gasteiger partial charge in [-0.2, -0.15) is 0 Å². The van der Waals surface area contributed by atoms with E-state index in [2.05, 4.69) is 0 Å². The highest BCUT2D eigenvalue weighted by Gasteiger charge is 2.29. The molecule has 0 saturated heterocycles. The van der Waals surface area contributed by atoms with Crippen LogP contribution in [0.5, 0.6) is 0 Å². The summed E-state index contributed by atoms with van der Waals surface area (Å²) >= 11 is 5.97. The minimum Gasteiger partial charge on any atom is -0.478 e. The maximum atomic E-state index is 11.9. The fourth-order valence-electron chi connectivity index (χ4n) is 2.47. The molecule has 1 aromatic rings. The molecule has 1 aromatic carbocycles. The van der Waals surface area contributed by atoms with Gasteiger partial charge in [-0.15, -0.1) is 0 Å². The molecule has 0 radical (unpaired) electrons. The van der Waals surface area contributed by atoms with E-state index in [-0.39, 0.29) is 11.9 Å². The van der Waals surface area contributed by atoms with Crippen molar-refractivity contribution in [1.82, 2.24) is 0 Å². The maximum Gasteiger partial charge on any atom is 0.328 e. The van der Waals surface area contributed by atoms with Crippen molar-refractivity contribution < 1.29 is 19.4 Å². The van der Waals surface area contributed by atoms with E-state index in [4.69, 9.17) is 21.4 Å². The number of ether oxygens (including phenoxy) is 1. The fraction of sp³-hybridized carbons (Fsp3) is 0.333. The van der Waals surface area contributed by atoms with Crippen LogP contribution in [0, 0.1) is 5.92 Å². The van der Waals surface area contributed by atoms with Crippen molar-refractivity contribution in [3.8, 4) is 0 Å². The Bertz CT molecular complexity index is 577. The van der Waals surface area contributed by atoms with Gasteiger partial charge in [0.1, 0.15) is 0 Å². The van der Waals surface area contributed by atoms with E-state index >= 15 is 0 Å². The van der Waals surface area contributed by atoms with Crippen LogP contribution < -0.4 is 0 Å². The molecule has 0 aliphatic heterocycles. The summed E-state index contributed by atoms with van der Waals surface area (Å²) in [6.45, 7) is 2.06. The molecule has 1 atom stereocenters. The van der Waals surface area contributed by atoms with Crippen molar-refractivity contribution in [3.05, 3.63) is 40.4 Å². The second kappa shape index (κ2) is 6.09. The van der Waals surface area contributed by atoms with Crippen molar-refractivity contribution in [2.75, 3.05) is 6.61 Å². The molecule has 1 unspecified atom stereocenters. The zero-order valence-corrected chi connectivity index (χ0v) is 11.8. The Morgan fingerprint density at radius 3 is 2.85 bits per heavy atom. The van der Waals surface area contributed by atoms with E-state index in [1.807, 2.05) is 0 Å². The molecule has 0 aromatic heterocycles. The third-order valence-electron chi connectivity index (χ3n) is 3.26. The van der Waals surface area contributed by atoms with E-state index in [0.29, 0.717) is 30.0 Å². The van der Waals surface area contributed by atoms with Crippen LogP contribution in [-0.4, -0.2) is 23.7 Å². The molecule has 0 bridgehead atoms. The van der Waals surface area contributed by atoms with Crippen LogP contribution in [-0.2, 0) is 20.7 Å². The van der Waals surface area contributed by atoms with Crippen molar-refractivity contribution >= 4 is 29.1 Å². The molecule has 0 spiro atoms. The molecule has 0 saturated carbocycles. The number of carboxylic acid groups (broad SMARTS) is 1. The number of hydrogen-bond donors (Lipinski definition) is 1. The standard InChI is InChI=1S/C15H15ClO4/c1-2-20-15(19)11-5-9-7-12(16)3-4-13(9)10(6-11)8-14(17)18/h3-4,7-8,11H,2,5-6H2,1H3,(H,17,18)/b10-8+. The summed E-state index contributed by atoms with van der Waals surface area (Å²) in [5.41, 5.74) is 2.36. The number of benzene rings is 1. The molecule has 0 fully saturated rings. The number of rotatable bonds is 3. The number of allylic oxidation sites excluding steroid dienone is 1. The zero-order valence-electron chi connectivity index (χ0n) is 11.1. The number of aliphatic carboxylic acids is 1. The molecule has 20 heavy (non-hydrogen) atoms. The Balaban J connectivity index is 2.39. The van der Waals surface area contributed by atoms with Crippen LogP contribution >= 0.6 is 11.6 Å². The van der Waals surface area contributed by atoms with Gasteiger partial charge in [-0.25, -0.2) is 4.79 Å². The first-order valence-corrected chi connectivity index (χ1v) is 6.78. The van der Waals surface area contributed by atoms with Crippen LogP contribution in [0.4, 0.5) is 0 Å². The van der Waals surface area contributed by atoms with Gasteiger partial charge in [-0.1, -0.05) is 17.7 Å². The van der Waals surface area contributed by atoms with Crippen LogP contribution in [0.3, 0.4) is 0 Å². The summed E-state index contributed by atoms with van der Waals surface area (Å²) in [4.78, 5) is 22.8. The predicted molar refractivity (Wildman–Crippen MR) is 75.5 cm³/mol. The third kappa shape index (κ3) is 3.20. The first kappa shape index (κ1) is 14.6. The molecule has 0 amide bonds. The van der Waals surface area contributed by atoms with Crippen molar-refractivity contribution in [3.63, 3.8) is 0 Å². The number of esters is 1. The van der Waals surface area contributed by atoms with Gasteiger partial charge >= 0.3 is 11.9 Å². The minimum absolute atomic E-state index is 0.297. The number of carboxylic acids is 1. The highest BCUT2D eigenvalue weighted by molar-refractivity contribution is 6.30. The summed E-state index contributed by atoms with van der Waals surface area (Å²) in [6, 6.07) is 5.30. The molecule has 1 aliphatic rings. The monoisotopic (exact) mass is 294 g/mol. The molecular formula is C15H15ClO4. The topological polar surface area (TPSA) is 63.6 Å². The molecule has 1 aliphatic carbocycles. The van der Waals surface area contributed by atoms with E-state index in [9.17, 15) is 9.59 Å². The molecule has 2 rings (SSSR count). The smallest absolute Gasteiger partial charge is 0.328 e.